The minimum Gasteiger partial charge on any atom is -0.364 e. The van der Waals surface area contributed by atoms with Crippen LogP contribution in [0.2, 0.25) is 0 Å². The third-order valence-corrected chi connectivity index (χ3v) is 4.89. The highest BCUT2D eigenvalue weighted by atomic mass is 32.2. The van der Waals surface area contributed by atoms with Gasteiger partial charge in [0.15, 0.2) is 0 Å². The molecule has 1 amide bonds. The van der Waals surface area contributed by atoms with Gasteiger partial charge in [-0.25, -0.2) is 8.42 Å². The van der Waals surface area contributed by atoms with Crippen LogP contribution in [0.15, 0.2) is 17.2 Å². The third-order valence-electron chi connectivity index (χ3n) is 3.06. The Labute approximate surface area is 105 Å². The number of sulfonamides is 1. The van der Waals surface area contributed by atoms with Crippen molar-refractivity contribution < 1.29 is 13.2 Å². The molecule has 100 valence electrons. The molecule has 1 atom stereocenters. The molecule has 7 nitrogen and oxygen atoms in total. The lowest BCUT2D eigenvalue weighted by atomic mass is 10.3. The van der Waals surface area contributed by atoms with Crippen molar-refractivity contribution >= 4 is 15.9 Å². The summed E-state index contributed by atoms with van der Waals surface area (Å²) in [6, 6.07) is 1.17. The predicted molar refractivity (Wildman–Crippen MR) is 65.3 cm³/mol. The number of hydrogen-bond donors (Lipinski definition) is 2. The Morgan fingerprint density at radius 3 is 2.61 bits per heavy atom. The van der Waals surface area contributed by atoms with Crippen molar-refractivity contribution in [1.29, 1.82) is 0 Å². The second-order valence-corrected chi connectivity index (χ2v) is 6.39. The molecule has 0 bridgehead atoms. The van der Waals surface area contributed by atoms with Crippen LogP contribution in [0.4, 0.5) is 0 Å². The van der Waals surface area contributed by atoms with Crippen LogP contribution < -0.4 is 11.5 Å². The molecule has 4 N–H and O–H groups in total. The van der Waals surface area contributed by atoms with E-state index in [4.69, 9.17) is 11.5 Å². The standard InChI is InChI=1S/C10H16N4O3S/c1-13-6-8(4-9(13)10(12)15)18(16,17)14-3-2-7(11)5-14/h4,6-7H,2-3,5,11H2,1H3,(H2,12,15)/t7-/m0/s1. The van der Waals surface area contributed by atoms with Crippen molar-refractivity contribution in [2.75, 3.05) is 13.1 Å². The smallest absolute Gasteiger partial charge is 0.265 e. The lowest BCUT2D eigenvalue weighted by molar-refractivity contribution is 0.0992. The number of nitrogens with zero attached hydrogens (tertiary/aromatic N) is 2. The molecule has 0 radical (unpaired) electrons. The summed E-state index contributed by atoms with van der Waals surface area (Å²) in [6.07, 6.45) is 2.04. The predicted octanol–water partition coefficient (Wildman–Crippen LogP) is -1.15. The fourth-order valence-corrected chi connectivity index (χ4v) is 3.63. The summed E-state index contributed by atoms with van der Waals surface area (Å²) in [6.45, 7) is 0.716. The van der Waals surface area contributed by atoms with Gasteiger partial charge in [-0.15, -0.1) is 0 Å². The number of hydrogen-bond acceptors (Lipinski definition) is 4. The molecule has 1 aliphatic heterocycles. The normalized spacial score (nSPS) is 21.3. The maximum atomic E-state index is 12.3. The second-order valence-electron chi connectivity index (χ2n) is 4.45. The number of aryl methyl sites for hydroxylation is 1. The van der Waals surface area contributed by atoms with Crippen molar-refractivity contribution in [3.05, 3.63) is 18.0 Å². The van der Waals surface area contributed by atoms with E-state index in [1.54, 1.807) is 7.05 Å². The van der Waals surface area contributed by atoms with Crippen LogP contribution in [0.3, 0.4) is 0 Å². The highest BCUT2D eigenvalue weighted by Crippen LogP contribution is 2.22. The molecular formula is C10H16N4O3S. The first-order valence-electron chi connectivity index (χ1n) is 5.54. The molecule has 0 aliphatic carbocycles. The maximum absolute atomic E-state index is 12.3. The van der Waals surface area contributed by atoms with Crippen LogP contribution in [0, 0.1) is 0 Å². The molecule has 2 heterocycles. The van der Waals surface area contributed by atoms with E-state index in [9.17, 15) is 13.2 Å². The molecule has 1 aliphatic rings. The number of carbonyl (C=O) groups excluding carboxylic acids is 1. The molecule has 1 saturated heterocycles. The van der Waals surface area contributed by atoms with Gasteiger partial charge in [0.05, 0.1) is 0 Å². The van der Waals surface area contributed by atoms with Gasteiger partial charge in [0, 0.05) is 32.4 Å². The molecule has 8 heteroatoms. The van der Waals surface area contributed by atoms with E-state index in [2.05, 4.69) is 0 Å². The molecule has 0 saturated carbocycles. The fraction of sp³-hybridized carbons (Fsp3) is 0.500. The topological polar surface area (TPSA) is 111 Å². The molecular weight excluding hydrogens is 256 g/mol. The minimum absolute atomic E-state index is 0.0768. The Balaban J connectivity index is 2.36. The number of rotatable bonds is 3. The molecule has 0 spiro atoms. The van der Waals surface area contributed by atoms with E-state index >= 15 is 0 Å². The summed E-state index contributed by atoms with van der Waals surface area (Å²) in [5, 5.41) is 0. The summed E-state index contributed by atoms with van der Waals surface area (Å²) >= 11 is 0. The maximum Gasteiger partial charge on any atom is 0.265 e. The van der Waals surface area contributed by atoms with Gasteiger partial charge in [0.1, 0.15) is 10.6 Å². The zero-order valence-electron chi connectivity index (χ0n) is 10.0. The molecule has 18 heavy (non-hydrogen) atoms. The number of primary amides is 1. The van der Waals surface area contributed by atoms with E-state index in [0.29, 0.717) is 19.5 Å². The van der Waals surface area contributed by atoms with Gasteiger partial charge in [-0.3, -0.25) is 4.79 Å². The van der Waals surface area contributed by atoms with Crippen LogP contribution in [0.25, 0.3) is 0 Å². The van der Waals surface area contributed by atoms with Gasteiger partial charge in [0.2, 0.25) is 10.0 Å². The fourth-order valence-electron chi connectivity index (χ4n) is 2.04. The Bertz CT molecular complexity index is 578. The Morgan fingerprint density at radius 2 is 2.17 bits per heavy atom. The van der Waals surface area contributed by atoms with E-state index in [1.165, 1.54) is 21.1 Å². The van der Waals surface area contributed by atoms with Crippen molar-refractivity contribution in [2.45, 2.75) is 17.4 Å². The number of aromatic nitrogens is 1. The second kappa shape index (κ2) is 4.38. The van der Waals surface area contributed by atoms with Gasteiger partial charge in [0.25, 0.3) is 5.91 Å². The van der Waals surface area contributed by atoms with Gasteiger partial charge >= 0.3 is 0 Å². The lowest BCUT2D eigenvalue weighted by Crippen LogP contribution is -2.31. The van der Waals surface area contributed by atoms with Crippen LogP contribution in [-0.2, 0) is 17.1 Å². The quantitative estimate of drug-likeness (QED) is 0.723. The molecule has 1 aromatic rings. The van der Waals surface area contributed by atoms with Crippen LogP contribution in [0.1, 0.15) is 16.9 Å². The summed E-state index contributed by atoms with van der Waals surface area (Å²) in [5.74, 6) is -0.655. The van der Waals surface area contributed by atoms with E-state index in [1.807, 2.05) is 0 Å². The van der Waals surface area contributed by atoms with Crippen molar-refractivity contribution in [3.63, 3.8) is 0 Å². The van der Waals surface area contributed by atoms with E-state index < -0.39 is 15.9 Å². The summed E-state index contributed by atoms with van der Waals surface area (Å²) in [5.41, 5.74) is 11.0. The first-order valence-corrected chi connectivity index (χ1v) is 6.98. The SMILES string of the molecule is Cn1cc(S(=O)(=O)N2CC[C@H](N)C2)cc1C(N)=O. The monoisotopic (exact) mass is 272 g/mol. The summed E-state index contributed by atoms with van der Waals surface area (Å²) < 4.78 is 27.3. The molecule has 1 aromatic heterocycles. The lowest BCUT2D eigenvalue weighted by Gasteiger charge is -2.14. The molecule has 2 rings (SSSR count). The van der Waals surface area contributed by atoms with E-state index in [-0.39, 0.29) is 16.6 Å². The average Bonchev–Trinajstić information content (AvgIpc) is 2.84. The van der Waals surface area contributed by atoms with Gasteiger partial charge in [-0.05, 0) is 12.5 Å². The van der Waals surface area contributed by atoms with Crippen LogP contribution >= 0.6 is 0 Å². The van der Waals surface area contributed by atoms with Crippen molar-refractivity contribution in [3.8, 4) is 0 Å². The number of nitrogens with two attached hydrogens (primary N) is 2. The average molecular weight is 272 g/mol. The van der Waals surface area contributed by atoms with Gasteiger partial charge in [-0.1, -0.05) is 0 Å². The van der Waals surface area contributed by atoms with Crippen LogP contribution in [0.5, 0.6) is 0 Å². The highest BCUT2D eigenvalue weighted by Gasteiger charge is 2.32. The van der Waals surface area contributed by atoms with Crippen molar-refractivity contribution in [1.82, 2.24) is 8.87 Å². The summed E-state index contributed by atoms with van der Waals surface area (Å²) in [7, 11) is -2.00. The van der Waals surface area contributed by atoms with Crippen molar-refractivity contribution in [2.24, 2.45) is 18.5 Å². The largest absolute Gasteiger partial charge is 0.364 e. The number of amides is 1. The first-order chi connectivity index (χ1) is 8.32. The zero-order chi connectivity index (χ0) is 13.5. The van der Waals surface area contributed by atoms with Crippen LogP contribution in [-0.4, -0.2) is 42.3 Å². The Morgan fingerprint density at radius 1 is 1.50 bits per heavy atom. The summed E-state index contributed by atoms with van der Waals surface area (Å²) in [4.78, 5) is 11.2. The molecule has 0 unspecified atom stereocenters. The first kappa shape index (κ1) is 13.1. The molecule has 1 fully saturated rings. The zero-order valence-corrected chi connectivity index (χ0v) is 10.9. The van der Waals surface area contributed by atoms with E-state index in [0.717, 1.165) is 0 Å². The Hall–Kier alpha value is -1.38. The highest BCUT2D eigenvalue weighted by molar-refractivity contribution is 7.89. The number of carbonyl (C=O) groups is 1. The molecule has 0 aromatic carbocycles. The van der Waals surface area contributed by atoms with Gasteiger partial charge < -0.3 is 16.0 Å². The minimum atomic E-state index is -3.58. The third kappa shape index (κ3) is 2.14. The van der Waals surface area contributed by atoms with Gasteiger partial charge in [-0.2, -0.15) is 4.31 Å². The Kier molecular flexibility index (Phi) is 3.18.